The first-order chi connectivity index (χ1) is 12.3. The van der Waals surface area contributed by atoms with Gasteiger partial charge >= 0.3 is 0 Å². The number of rotatable bonds is 3. The largest absolute Gasteiger partial charge is 0.369 e. The van der Waals surface area contributed by atoms with Crippen molar-refractivity contribution in [2.45, 2.75) is 38.6 Å². The average Bonchev–Trinajstić information content (AvgIpc) is 2.59. The predicted molar refractivity (Wildman–Crippen MR) is 111 cm³/mol. The molecule has 5 heteroatoms. The van der Waals surface area contributed by atoms with E-state index in [0.29, 0.717) is 11.5 Å². The van der Waals surface area contributed by atoms with Crippen LogP contribution >= 0.6 is 15.9 Å². The van der Waals surface area contributed by atoms with Crippen LogP contribution < -0.4 is 10.3 Å². The van der Waals surface area contributed by atoms with Crippen LogP contribution in [0, 0.1) is 0 Å². The predicted octanol–water partition coefficient (Wildman–Crippen LogP) is 4.94. The molecule has 0 radical (unpaired) electrons. The van der Waals surface area contributed by atoms with Crippen LogP contribution in [-0.2, 0) is 0 Å². The van der Waals surface area contributed by atoms with E-state index in [2.05, 4.69) is 71.3 Å². The molecule has 0 saturated carbocycles. The fourth-order valence-corrected chi connectivity index (χ4v) is 3.93. The fourth-order valence-electron chi connectivity index (χ4n) is 3.54. The Morgan fingerprint density at radius 3 is 2.81 bits per heavy atom. The van der Waals surface area contributed by atoms with Crippen LogP contribution in [0.2, 0.25) is 0 Å². The number of nitrogens with one attached hydrogen (secondary N) is 1. The number of carbonyl (C=O) groups excluding carboxylic acids is 1. The van der Waals surface area contributed by atoms with Gasteiger partial charge in [0.15, 0.2) is 0 Å². The lowest BCUT2D eigenvalue weighted by Crippen LogP contribution is -2.45. The van der Waals surface area contributed by atoms with Crippen LogP contribution in [0.3, 0.4) is 0 Å². The van der Waals surface area contributed by atoms with Gasteiger partial charge in [-0.3, -0.25) is 4.79 Å². The van der Waals surface area contributed by atoms with Crippen LogP contribution in [0.15, 0.2) is 52.0 Å². The Morgan fingerprint density at radius 1 is 1.31 bits per heavy atom. The maximum atomic E-state index is 12.1. The summed E-state index contributed by atoms with van der Waals surface area (Å²) in [5.41, 5.74) is 6.89. The van der Waals surface area contributed by atoms with Gasteiger partial charge in [0.05, 0.1) is 6.21 Å². The number of hydrazone groups is 1. The van der Waals surface area contributed by atoms with Crippen molar-refractivity contribution in [1.29, 1.82) is 0 Å². The van der Waals surface area contributed by atoms with Gasteiger partial charge in [-0.05, 0) is 67.6 Å². The fraction of sp³-hybridized carbons (Fsp3) is 0.333. The van der Waals surface area contributed by atoms with Gasteiger partial charge in [-0.1, -0.05) is 35.0 Å². The number of anilines is 1. The number of nitrogens with zero attached hydrogens (tertiary/aromatic N) is 2. The molecule has 1 aliphatic rings. The van der Waals surface area contributed by atoms with E-state index in [1.165, 1.54) is 11.3 Å². The van der Waals surface area contributed by atoms with Gasteiger partial charge in [-0.2, -0.15) is 5.10 Å². The number of hydrogen-bond acceptors (Lipinski definition) is 3. The average molecular weight is 414 g/mol. The lowest BCUT2D eigenvalue weighted by molar-refractivity contribution is 0.0955. The van der Waals surface area contributed by atoms with Gasteiger partial charge in [0, 0.05) is 28.3 Å². The van der Waals surface area contributed by atoms with Gasteiger partial charge in [-0.15, -0.1) is 0 Å². The summed E-state index contributed by atoms with van der Waals surface area (Å²) in [6, 6.07) is 13.6. The monoisotopic (exact) mass is 413 g/mol. The van der Waals surface area contributed by atoms with E-state index in [4.69, 9.17) is 0 Å². The van der Waals surface area contributed by atoms with Crippen LogP contribution in [0.25, 0.3) is 0 Å². The van der Waals surface area contributed by atoms with Crippen molar-refractivity contribution in [2.75, 3.05) is 11.9 Å². The Balaban J connectivity index is 1.74. The molecule has 2 aromatic rings. The van der Waals surface area contributed by atoms with E-state index < -0.39 is 0 Å². The highest BCUT2D eigenvalue weighted by molar-refractivity contribution is 9.10. The molecule has 0 spiro atoms. The molecular weight excluding hydrogens is 390 g/mol. The topological polar surface area (TPSA) is 44.7 Å². The van der Waals surface area contributed by atoms with E-state index in [9.17, 15) is 4.79 Å². The van der Waals surface area contributed by atoms with E-state index >= 15 is 0 Å². The minimum absolute atomic E-state index is 0.153. The molecule has 4 nitrogen and oxygen atoms in total. The van der Waals surface area contributed by atoms with Crippen molar-refractivity contribution in [2.24, 2.45) is 5.10 Å². The molecule has 136 valence electrons. The second-order valence-corrected chi connectivity index (χ2v) is 8.42. The first-order valence-corrected chi connectivity index (χ1v) is 9.54. The van der Waals surface area contributed by atoms with Crippen molar-refractivity contribution in [3.05, 3.63) is 63.6 Å². The number of amides is 1. The molecule has 0 aliphatic carbocycles. The van der Waals surface area contributed by atoms with Crippen LogP contribution in [0.4, 0.5) is 5.69 Å². The number of fused-ring (bicyclic) bond motifs is 1. The molecule has 1 aliphatic heterocycles. The molecule has 26 heavy (non-hydrogen) atoms. The maximum Gasteiger partial charge on any atom is 0.271 e. The van der Waals surface area contributed by atoms with Gasteiger partial charge in [-0.25, -0.2) is 5.43 Å². The lowest BCUT2D eigenvalue weighted by Gasteiger charge is -2.45. The number of benzene rings is 2. The first-order valence-electron chi connectivity index (χ1n) is 8.75. The zero-order valence-electron chi connectivity index (χ0n) is 15.6. The van der Waals surface area contributed by atoms with Crippen LogP contribution in [0.1, 0.15) is 54.6 Å². The molecule has 0 fully saturated rings. The van der Waals surface area contributed by atoms with Gasteiger partial charge in [0.25, 0.3) is 5.91 Å². The Hall–Kier alpha value is -2.14. The van der Waals surface area contributed by atoms with E-state index in [0.717, 1.165) is 16.5 Å². The molecular formula is C21H24BrN3O. The Kier molecular flexibility index (Phi) is 5.19. The summed E-state index contributed by atoms with van der Waals surface area (Å²) in [5.74, 6) is 0.260. The molecule has 0 aromatic heterocycles. The van der Waals surface area contributed by atoms with Crippen molar-refractivity contribution in [1.82, 2.24) is 5.43 Å². The third-order valence-corrected chi connectivity index (χ3v) is 5.62. The van der Waals surface area contributed by atoms with E-state index in [-0.39, 0.29) is 11.4 Å². The summed E-state index contributed by atoms with van der Waals surface area (Å²) in [4.78, 5) is 14.5. The summed E-state index contributed by atoms with van der Waals surface area (Å²) in [7, 11) is 2.15. The quantitative estimate of drug-likeness (QED) is 0.572. The first kappa shape index (κ1) is 18.6. The summed E-state index contributed by atoms with van der Waals surface area (Å²) in [5, 5.41) is 4.12. The second kappa shape index (κ2) is 7.23. The number of halogens is 1. The zero-order valence-corrected chi connectivity index (χ0v) is 17.2. The van der Waals surface area contributed by atoms with E-state index in [1.54, 1.807) is 18.3 Å². The lowest BCUT2D eigenvalue weighted by atomic mass is 9.80. The standard InChI is InChI=1S/C21H24BrN3O/c1-14-12-21(2,3)25(4)19-9-8-15(10-18(14)19)13-23-24-20(26)16-6-5-7-17(22)11-16/h5-11,13-14H,12H2,1-4H3,(H,24,26)/b23-13-. The summed E-state index contributed by atoms with van der Waals surface area (Å²) >= 11 is 3.37. The van der Waals surface area contributed by atoms with Gasteiger partial charge < -0.3 is 4.90 Å². The van der Waals surface area contributed by atoms with Gasteiger partial charge in [0.1, 0.15) is 0 Å². The highest BCUT2D eigenvalue weighted by Crippen LogP contribution is 2.42. The van der Waals surface area contributed by atoms with Crippen molar-refractivity contribution >= 4 is 33.7 Å². The van der Waals surface area contributed by atoms with Gasteiger partial charge in [0.2, 0.25) is 0 Å². The normalized spacial score (nSPS) is 18.7. The molecule has 0 saturated heterocycles. The molecule has 0 bridgehead atoms. The highest BCUT2D eigenvalue weighted by atomic mass is 79.9. The third kappa shape index (κ3) is 3.83. The Bertz CT molecular complexity index is 860. The van der Waals surface area contributed by atoms with Crippen molar-refractivity contribution < 1.29 is 4.79 Å². The molecule has 3 rings (SSSR count). The third-order valence-electron chi connectivity index (χ3n) is 5.12. The molecule has 2 aromatic carbocycles. The molecule has 1 unspecified atom stereocenters. The zero-order chi connectivity index (χ0) is 18.9. The van der Waals surface area contributed by atoms with Crippen molar-refractivity contribution in [3.8, 4) is 0 Å². The minimum atomic E-state index is -0.227. The highest BCUT2D eigenvalue weighted by Gasteiger charge is 2.33. The number of carbonyl (C=O) groups is 1. The van der Waals surface area contributed by atoms with E-state index in [1.807, 2.05) is 18.2 Å². The Morgan fingerprint density at radius 2 is 2.08 bits per heavy atom. The molecule has 1 atom stereocenters. The smallest absolute Gasteiger partial charge is 0.271 e. The Labute approximate surface area is 163 Å². The maximum absolute atomic E-state index is 12.1. The second-order valence-electron chi connectivity index (χ2n) is 7.50. The minimum Gasteiger partial charge on any atom is -0.369 e. The molecule has 1 N–H and O–H groups in total. The van der Waals surface area contributed by atoms with Crippen LogP contribution in [0.5, 0.6) is 0 Å². The van der Waals surface area contributed by atoms with Crippen LogP contribution in [-0.4, -0.2) is 24.7 Å². The summed E-state index contributed by atoms with van der Waals surface area (Å²) < 4.78 is 0.866. The molecule has 1 amide bonds. The number of hydrogen-bond donors (Lipinski definition) is 1. The summed E-state index contributed by atoms with van der Waals surface area (Å²) in [6.45, 7) is 6.82. The summed E-state index contributed by atoms with van der Waals surface area (Å²) in [6.07, 6.45) is 2.80. The SMILES string of the molecule is CC1CC(C)(C)N(C)c2ccc(/C=N\NC(=O)c3cccc(Br)c3)cc21. The molecule has 1 heterocycles. The van der Waals surface area contributed by atoms with Crippen molar-refractivity contribution in [3.63, 3.8) is 0 Å².